The Morgan fingerprint density at radius 1 is 1.17 bits per heavy atom. The first-order valence-electron chi connectivity index (χ1n) is 11.0. The Balaban J connectivity index is 1.57. The molecule has 0 aliphatic heterocycles. The number of aliphatic hydroxyl groups excluding tert-OH is 1. The van der Waals surface area contributed by atoms with Gasteiger partial charge in [0.05, 0.1) is 36.7 Å². The predicted octanol–water partition coefficient (Wildman–Crippen LogP) is 3.30. The molecule has 0 saturated heterocycles. The van der Waals surface area contributed by atoms with Gasteiger partial charge in [-0.3, -0.25) is 14.8 Å². The molecule has 10 heteroatoms. The van der Waals surface area contributed by atoms with E-state index in [0.29, 0.717) is 40.4 Å². The number of hydrogen-bond acceptors (Lipinski definition) is 8. The Labute approximate surface area is 201 Å². The predicted molar refractivity (Wildman–Crippen MR) is 130 cm³/mol. The third-order valence-electron chi connectivity index (χ3n) is 5.72. The van der Waals surface area contributed by atoms with Gasteiger partial charge in [0.2, 0.25) is 0 Å². The van der Waals surface area contributed by atoms with Crippen LogP contribution in [0.2, 0.25) is 0 Å². The van der Waals surface area contributed by atoms with Gasteiger partial charge >= 0.3 is 0 Å². The fraction of sp³-hybridized carbons (Fsp3) is 0.240. The molecule has 35 heavy (non-hydrogen) atoms. The van der Waals surface area contributed by atoms with Crippen molar-refractivity contribution in [3.8, 4) is 17.0 Å². The molecular formula is C25H25FN6O3. The third kappa shape index (κ3) is 4.87. The molecule has 3 heterocycles. The molecule has 180 valence electrons. The minimum atomic E-state index is -0.661. The maximum absolute atomic E-state index is 14.4. The van der Waals surface area contributed by atoms with Crippen molar-refractivity contribution in [1.82, 2.24) is 25.3 Å². The number of benzene rings is 1. The lowest BCUT2D eigenvalue weighted by molar-refractivity contribution is 0.0960. The minimum absolute atomic E-state index is 0.0174. The molecule has 4 rings (SSSR count). The van der Waals surface area contributed by atoms with E-state index in [4.69, 9.17) is 4.74 Å². The highest BCUT2D eigenvalue weighted by molar-refractivity contribution is 6.06. The summed E-state index contributed by atoms with van der Waals surface area (Å²) in [4.78, 5) is 29.4. The number of halogens is 1. The Morgan fingerprint density at radius 2 is 2.00 bits per heavy atom. The zero-order chi connectivity index (χ0) is 24.9. The van der Waals surface area contributed by atoms with Crippen LogP contribution in [-0.4, -0.2) is 51.7 Å². The normalized spacial score (nSPS) is 11.8. The molecule has 0 unspecified atom stereocenters. The lowest BCUT2D eigenvalue weighted by atomic mass is 9.96. The number of fused-ring (bicyclic) bond motifs is 1. The average molecular weight is 477 g/mol. The number of rotatable bonds is 8. The molecule has 0 saturated carbocycles. The van der Waals surface area contributed by atoms with Gasteiger partial charge in [-0.25, -0.2) is 14.4 Å². The topological polar surface area (TPSA) is 122 Å². The van der Waals surface area contributed by atoms with Gasteiger partial charge in [0.1, 0.15) is 23.6 Å². The number of anilines is 1. The third-order valence-corrected chi connectivity index (χ3v) is 5.72. The number of para-hydroxylation sites is 1. The van der Waals surface area contributed by atoms with Crippen LogP contribution in [0.3, 0.4) is 0 Å². The Bertz CT molecular complexity index is 1380. The van der Waals surface area contributed by atoms with Crippen LogP contribution in [0.25, 0.3) is 22.2 Å². The maximum Gasteiger partial charge on any atom is 0.254 e. The average Bonchev–Trinajstić information content (AvgIpc) is 2.90. The van der Waals surface area contributed by atoms with Crippen molar-refractivity contribution in [1.29, 1.82) is 0 Å². The number of carbonyl (C=O) groups excluding carboxylic acids is 1. The SMILES string of the molecule is CNC(=O)c1c(F)cnc2c([C@H](C)CNc3cc(-c4cnc(CO)c(OC)c4)ncn3)cccc12. The summed E-state index contributed by atoms with van der Waals surface area (Å²) >= 11 is 0. The van der Waals surface area contributed by atoms with Gasteiger partial charge in [-0.15, -0.1) is 0 Å². The molecule has 9 nitrogen and oxygen atoms in total. The van der Waals surface area contributed by atoms with E-state index in [1.807, 2.05) is 13.0 Å². The highest BCUT2D eigenvalue weighted by Gasteiger charge is 2.19. The number of hydrogen-bond donors (Lipinski definition) is 3. The fourth-order valence-electron chi connectivity index (χ4n) is 3.86. The van der Waals surface area contributed by atoms with E-state index in [1.54, 1.807) is 30.5 Å². The first-order valence-corrected chi connectivity index (χ1v) is 11.0. The zero-order valence-corrected chi connectivity index (χ0v) is 19.5. The summed E-state index contributed by atoms with van der Waals surface area (Å²) in [6.45, 7) is 2.30. The van der Waals surface area contributed by atoms with Crippen molar-refractivity contribution in [2.24, 2.45) is 0 Å². The number of pyridine rings is 2. The van der Waals surface area contributed by atoms with Crippen LogP contribution in [0.5, 0.6) is 5.75 Å². The maximum atomic E-state index is 14.4. The van der Waals surface area contributed by atoms with E-state index in [0.717, 1.165) is 17.3 Å². The van der Waals surface area contributed by atoms with E-state index < -0.39 is 11.7 Å². The lowest BCUT2D eigenvalue weighted by Crippen LogP contribution is -2.20. The second-order valence-corrected chi connectivity index (χ2v) is 7.91. The number of amides is 1. The van der Waals surface area contributed by atoms with Crippen molar-refractivity contribution in [2.45, 2.75) is 19.4 Å². The van der Waals surface area contributed by atoms with Crippen LogP contribution in [-0.2, 0) is 6.61 Å². The number of nitrogens with one attached hydrogen (secondary N) is 2. The summed E-state index contributed by atoms with van der Waals surface area (Å²) in [5, 5.41) is 15.6. The summed E-state index contributed by atoms with van der Waals surface area (Å²) in [7, 11) is 2.98. The highest BCUT2D eigenvalue weighted by atomic mass is 19.1. The zero-order valence-electron chi connectivity index (χ0n) is 19.5. The molecule has 0 fully saturated rings. The molecule has 1 atom stereocenters. The van der Waals surface area contributed by atoms with Gasteiger partial charge in [0, 0.05) is 42.7 Å². The standard InChI is InChI=1S/C25H25FN6O3/c1-14(16-5-4-6-17-23(25(34)27-2)18(26)11-30-24(16)17)9-29-22-8-19(31-13-32-22)15-7-21(35-3)20(12-33)28-10-15/h4-8,10-11,13-14,33H,9,12H2,1-3H3,(H,27,34)(H,29,31,32)/t14-/m1/s1. The van der Waals surface area contributed by atoms with E-state index in [2.05, 4.69) is 30.6 Å². The van der Waals surface area contributed by atoms with Crippen molar-refractivity contribution in [3.05, 3.63) is 71.7 Å². The summed E-state index contributed by atoms with van der Waals surface area (Å²) < 4.78 is 19.6. The van der Waals surface area contributed by atoms with Gasteiger partial charge in [-0.2, -0.15) is 0 Å². The van der Waals surface area contributed by atoms with E-state index in [-0.39, 0.29) is 18.1 Å². The summed E-state index contributed by atoms with van der Waals surface area (Å²) in [6.07, 6.45) is 4.15. The molecule has 1 amide bonds. The van der Waals surface area contributed by atoms with Gasteiger partial charge in [-0.1, -0.05) is 25.1 Å². The molecule has 4 aromatic rings. The quantitative estimate of drug-likeness (QED) is 0.354. The lowest BCUT2D eigenvalue weighted by Gasteiger charge is -2.17. The molecular weight excluding hydrogens is 451 g/mol. The molecule has 1 aromatic carbocycles. The van der Waals surface area contributed by atoms with E-state index in [9.17, 15) is 14.3 Å². The van der Waals surface area contributed by atoms with Crippen LogP contribution in [0, 0.1) is 5.82 Å². The Kier molecular flexibility index (Phi) is 7.11. The second-order valence-electron chi connectivity index (χ2n) is 7.91. The number of aromatic nitrogens is 4. The van der Waals surface area contributed by atoms with Crippen LogP contribution >= 0.6 is 0 Å². The number of methoxy groups -OCH3 is 1. The first-order chi connectivity index (χ1) is 17.0. The largest absolute Gasteiger partial charge is 0.495 e. The molecule has 3 aromatic heterocycles. The van der Waals surface area contributed by atoms with Gasteiger partial charge in [0.15, 0.2) is 5.82 Å². The van der Waals surface area contributed by atoms with Crippen LogP contribution in [0.1, 0.15) is 34.5 Å². The number of nitrogens with zero attached hydrogens (tertiary/aromatic N) is 4. The smallest absolute Gasteiger partial charge is 0.254 e. The fourth-order valence-corrected chi connectivity index (χ4v) is 3.86. The van der Waals surface area contributed by atoms with Crippen LogP contribution < -0.4 is 15.4 Å². The molecule has 0 aliphatic rings. The van der Waals surface area contributed by atoms with Crippen molar-refractivity contribution in [2.75, 3.05) is 26.0 Å². The second kappa shape index (κ2) is 10.4. The molecule has 0 radical (unpaired) electrons. The van der Waals surface area contributed by atoms with Gasteiger partial charge < -0.3 is 20.5 Å². The Hall–Kier alpha value is -4.18. The highest BCUT2D eigenvalue weighted by Crippen LogP contribution is 2.29. The summed E-state index contributed by atoms with van der Waals surface area (Å²) in [6, 6.07) is 8.96. The Morgan fingerprint density at radius 3 is 2.74 bits per heavy atom. The minimum Gasteiger partial charge on any atom is -0.495 e. The van der Waals surface area contributed by atoms with E-state index in [1.165, 1.54) is 20.5 Å². The molecule has 0 spiro atoms. The monoisotopic (exact) mass is 476 g/mol. The van der Waals surface area contributed by atoms with E-state index >= 15 is 0 Å². The van der Waals surface area contributed by atoms with Crippen molar-refractivity contribution < 1.29 is 19.0 Å². The summed E-state index contributed by atoms with van der Waals surface area (Å²) in [5.74, 6) is -0.103. The first kappa shape index (κ1) is 24.0. The summed E-state index contributed by atoms with van der Waals surface area (Å²) in [5.41, 5.74) is 3.25. The molecule has 0 aliphatic carbocycles. The van der Waals surface area contributed by atoms with Crippen molar-refractivity contribution in [3.63, 3.8) is 0 Å². The number of ether oxygens (including phenoxy) is 1. The van der Waals surface area contributed by atoms with Crippen molar-refractivity contribution >= 4 is 22.6 Å². The number of aliphatic hydroxyl groups is 1. The van der Waals surface area contributed by atoms with Crippen LogP contribution in [0.15, 0.2) is 49.1 Å². The molecule has 3 N–H and O–H groups in total. The number of carbonyl (C=O) groups is 1. The molecule has 0 bridgehead atoms. The van der Waals surface area contributed by atoms with Gasteiger partial charge in [-0.05, 0) is 11.6 Å². The van der Waals surface area contributed by atoms with Gasteiger partial charge in [0.25, 0.3) is 5.91 Å². The van der Waals surface area contributed by atoms with Crippen LogP contribution in [0.4, 0.5) is 10.2 Å².